The Bertz CT molecular complexity index is 780. The fraction of sp³-hybridized carbons (Fsp3) is 0.0769. The molecular weight excluding hydrogens is 288 g/mol. The average molecular weight is 300 g/mol. The number of carbonyl (C=O) groups excluding carboxylic acids is 1. The van der Waals surface area contributed by atoms with Gasteiger partial charge < -0.3 is 11.1 Å². The number of nitrogens with one attached hydrogen (secondary N) is 1. The number of para-hydroxylation sites is 2. The highest BCUT2D eigenvalue weighted by molar-refractivity contribution is 7.17. The van der Waals surface area contributed by atoms with Gasteiger partial charge in [0.2, 0.25) is 0 Å². The Hall–Kier alpha value is -2.74. The Morgan fingerprint density at radius 2 is 2.19 bits per heavy atom. The zero-order valence-electron chi connectivity index (χ0n) is 11.1. The summed E-state index contributed by atoms with van der Waals surface area (Å²) >= 11 is 1.16. The van der Waals surface area contributed by atoms with Gasteiger partial charge in [-0.05, 0) is 19.1 Å². The molecule has 2 heterocycles. The van der Waals surface area contributed by atoms with Crippen LogP contribution in [0.2, 0.25) is 0 Å². The van der Waals surface area contributed by atoms with Gasteiger partial charge in [-0.15, -0.1) is 0 Å². The van der Waals surface area contributed by atoms with Gasteiger partial charge in [0.05, 0.1) is 17.1 Å². The summed E-state index contributed by atoms with van der Waals surface area (Å²) in [5.74, 6) is -0.241. The summed E-state index contributed by atoms with van der Waals surface area (Å²) in [6.45, 7) is 1.76. The van der Waals surface area contributed by atoms with E-state index in [-0.39, 0.29) is 5.91 Å². The molecule has 8 heteroatoms. The number of anilines is 2. The van der Waals surface area contributed by atoms with Gasteiger partial charge in [-0.1, -0.05) is 23.5 Å². The highest BCUT2D eigenvalue weighted by Gasteiger charge is 2.16. The number of aromatic nitrogens is 4. The van der Waals surface area contributed by atoms with Crippen LogP contribution in [-0.4, -0.2) is 25.7 Å². The molecule has 3 N–H and O–H groups in total. The van der Waals surface area contributed by atoms with Crippen molar-refractivity contribution >= 4 is 28.1 Å². The molecule has 7 nitrogen and oxygen atoms in total. The number of hydrogen-bond acceptors (Lipinski definition) is 6. The summed E-state index contributed by atoms with van der Waals surface area (Å²) in [7, 11) is 0. The molecule has 3 rings (SSSR count). The lowest BCUT2D eigenvalue weighted by Gasteiger charge is -2.09. The van der Waals surface area contributed by atoms with E-state index in [0.717, 1.165) is 17.0 Å². The third kappa shape index (κ3) is 2.61. The van der Waals surface area contributed by atoms with Gasteiger partial charge in [0.15, 0.2) is 5.13 Å². The van der Waals surface area contributed by atoms with Gasteiger partial charge in [0.25, 0.3) is 5.91 Å². The lowest BCUT2D eigenvalue weighted by molar-refractivity contribution is 0.103. The molecular formula is C13H12N6OS. The van der Waals surface area contributed by atoms with Crippen LogP contribution in [0.4, 0.5) is 10.8 Å². The number of thiazole rings is 1. The molecule has 0 atom stereocenters. The molecule has 106 valence electrons. The van der Waals surface area contributed by atoms with Crippen molar-refractivity contribution in [1.82, 2.24) is 19.7 Å². The molecule has 1 amide bonds. The number of carbonyl (C=O) groups is 1. The lowest BCUT2D eigenvalue weighted by atomic mass is 10.2. The van der Waals surface area contributed by atoms with Crippen molar-refractivity contribution in [2.75, 3.05) is 11.1 Å². The van der Waals surface area contributed by atoms with E-state index in [0.29, 0.717) is 21.4 Å². The van der Waals surface area contributed by atoms with Crippen LogP contribution in [0.25, 0.3) is 5.69 Å². The summed E-state index contributed by atoms with van der Waals surface area (Å²) in [5, 5.41) is 7.31. The van der Waals surface area contributed by atoms with E-state index in [1.54, 1.807) is 24.0 Å². The third-order valence-corrected chi connectivity index (χ3v) is 3.82. The molecule has 0 aliphatic carbocycles. The minimum atomic E-state index is -0.241. The number of nitrogens with two attached hydrogens (primary N) is 1. The summed E-state index contributed by atoms with van der Waals surface area (Å²) in [5.41, 5.74) is 7.61. The quantitative estimate of drug-likeness (QED) is 0.769. The van der Waals surface area contributed by atoms with Crippen LogP contribution in [0.15, 0.2) is 36.9 Å². The Kier molecular flexibility index (Phi) is 3.36. The normalized spacial score (nSPS) is 10.5. The van der Waals surface area contributed by atoms with Crippen molar-refractivity contribution in [3.63, 3.8) is 0 Å². The van der Waals surface area contributed by atoms with E-state index in [1.807, 2.05) is 18.2 Å². The van der Waals surface area contributed by atoms with Crippen LogP contribution in [-0.2, 0) is 0 Å². The Balaban J connectivity index is 1.92. The highest BCUT2D eigenvalue weighted by Crippen LogP contribution is 2.23. The third-order valence-electron chi connectivity index (χ3n) is 2.84. The molecule has 0 fully saturated rings. The number of rotatable bonds is 3. The van der Waals surface area contributed by atoms with Crippen molar-refractivity contribution in [3.8, 4) is 5.69 Å². The van der Waals surface area contributed by atoms with Crippen LogP contribution < -0.4 is 11.1 Å². The molecule has 0 unspecified atom stereocenters. The summed E-state index contributed by atoms with van der Waals surface area (Å²) < 4.78 is 1.59. The van der Waals surface area contributed by atoms with Crippen LogP contribution in [0.5, 0.6) is 0 Å². The highest BCUT2D eigenvalue weighted by atomic mass is 32.1. The predicted octanol–water partition coefficient (Wildman–Crippen LogP) is 1.87. The average Bonchev–Trinajstić information content (AvgIpc) is 3.09. The van der Waals surface area contributed by atoms with E-state index in [1.165, 1.54) is 6.33 Å². The maximum absolute atomic E-state index is 12.3. The molecule has 2 aromatic heterocycles. The van der Waals surface area contributed by atoms with Gasteiger partial charge in [0.1, 0.15) is 17.5 Å². The molecule has 0 aliphatic heterocycles. The number of nitrogen functional groups attached to an aromatic ring is 1. The predicted molar refractivity (Wildman–Crippen MR) is 80.6 cm³/mol. The first-order valence-corrected chi connectivity index (χ1v) is 6.95. The van der Waals surface area contributed by atoms with Gasteiger partial charge in [-0.2, -0.15) is 5.10 Å². The minimum absolute atomic E-state index is 0.241. The van der Waals surface area contributed by atoms with E-state index in [2.05, 4.69) is 20.4 Å². The standard InChI is InChI=1S/C13H12N6OS/c1-8-11(21-13(14)17-8)12(20)18-9-4-2-3-5-10(9)19-7-15-6-16-19/h2-7H,1H3,(H2,14,17)(H,18,20). The summed E-state index contributed by atoms with van der Waals surface area (Å²) in [4.78, 5) is 20.8. The second kappa shape index (κ2) is 5.33. The van der Waals surface area contributed by atoms with Crippen LogP contribution in [0.1, 0.15) is 15.4 Å². The van der Waals surface area contributed by atoms with Crippen LogP contribution >= 0.6 is 11.3 Å². The Morgan fingerprint density at radius 1 is 1.38 bits per heavy atom. The van der Waals surface area contributed by atoms with E-state index < -0.39 is 0 Å². The fourth-order valence-corrected chi connectivity index (χ4v) is 2.65. The molecule has 1 aromatic carbocycles. The van der Waals surface area contributed by atoms with E-state index in [4.69, 9.17) is 5.73 Å². The number of hydrogen-bond donors (Lipinski definition) is 2. The number of benzene rings is 1. The van der Waals surface area contributed by atoms with Crippen LogP contribution in [0, 0.1) is 6.92 Å². The zero-order chi connectivity index (χ0) is 14.8. The van der Waals surface area contributed by atoms with Crippen molar-refractivity contribution in [3.05, 3.63) is 47.5 Å². The first kappa shape index (κ1) is 13.3. The largest absolute Gasteiger partial charge is 0.375 e. The molecule has 0 spiro atoms. The van der Waals surface area contributed by atoms with Gasteiger partial charge >= 0.3 is 0 Å². The smallest absolute Gasteiger partial charge is 0.267 e. The first-order chi connectivity index (χ1) is 10.1. The molecule has 0 aliphatic rings. The van der Waals surface area contributed by atoms with E-state index >= 15 is 0 Å². The zero-order valence-corrected chi connectivity index (χ0v) is 12.0. The lowest BCUT2D eigenvalue weighted by Crippen LogP contribution is -2.13. The summed E-state index contributed by atoms with van der Waals surface area (Å²) in [6, 6.07) is 7.35. The number of aryl methyl sites for hydroxylation is 1. The second-order valence-electron chi connectivity index (χ2n) is 4.28. The van der Waals surface area contributed by atoms with Crippen molar-refractivity contribution in [2.24, 2.45) is 0 Å². The maximum Gasteiger partial charge on any atom is 0.267 e. The molecule has 0 saturated heterocycles. The Labute approximate surface area is 124 Å². The first-order valence-electron chi connectivity index (χ1n) is 6.13. The van der Waals surface area contributed by atoms with Gasteiger partial charge in [-0.25, -0.2) is 14.6 Å². The molecule has 0 saturated carbocycles. The molecule has 0 radical (unpaired) electrons. The van der Waals surface area contributed by atoms with Crippen LogP contribution in [0.3, 0.4) is 0 Å². The van der Waals surface area contributed by atoms with Gasteiger partial charge in [0, 0.05) is 0 Å². The summed E-state index contributed by atoms with van der Waals surface area (Å²) in [6.07, 6.45) is 3.01. The molecule has 21 heavy (non-hydrogen) atoms. The van der Waals surface area contributed by atoms with Crippen molar-refractivity contribution in [2.45, 2.75) is 6.92 Å². The number of amides is 1. The monoisotopic (exact) mass is 300 g/mol. The SMILES string of the molecule is Cc1nc(N)sc1C(=O)Nc1ccccc1-n1cncn1. The van der Waals surface area contributed by atoms with Crippen molar-refractivity contribution in [1.29, 1.82) is 0 Å². The number of nitrogens with zero attached hydrogens (tertiary/aromatic N) is 4. The Morgan fingerprint density at radius 3 is 2.86 bits per heavy atom. The minimum Gasteiger partial charge on any atom is -0.375 e. The van der Waals surface area contributed by atoms with E-state index in [9.17, 15) is 4.79 Å². The molecule has 0 bridgehead atoms. The molecule has 3 aromatic rings. The van der Waals surface area contributed by atoms with Crippen molar-refractivity contribution < 1.29 is 4.79 Å². The fourth-order valence-electron chi connectivity index (χ4n) is 1.92. The van der Waals surface area contributed by atoms with Gasteiger partial charge in [-0.3, -0.25) is 4.79 Å². The topological polar surface area (TPSA) is 98.7 Å². The maximum atomic E-state index is 12.3. The second-order valence-corrected chi connectivity index (χ2v) is 5.31.